The molecule has 1 saturated heterocycles. The minimum atomic E-state index is 0.189. The Bertz CT molecular complexity index is 280. The number of hydrogen-bond donors (Lipinski definition) is 0. The predicted octanol–water partition coefficient (Wildman–Crippen LogP) is 1.55. The maximum absolute atomic E-state index is 12.2. The van der Waals surface area contributed by atoms with Gasteiger partial charge in [-0.15, -0.1) is 0 Å². The van der Waals surface area contributed by atoms with Crippen LogP contribution in [-0.2, 0) is 9.59 Å². The quantitative estimate of drug-likeness (QED) is 0.722. The van der Waals surface area contributed by atoms with Gasteiger partial charge >= 0.3 is 0 Å². The Labute approximate surface area is 110 Å². The molecule has 1 fully saturated rings. The standard InChI is InChI=1S/C14H26N2O2/c1-4-13(5-2)14(18)16-10-8-15(9-11-16)7-6-12(3)17/h13H,4-11H2,1-3H3. The van der Waals surface area contributed by atoms with E-state index in [1.807, 2.05) is 4.90 Å². The molecule has 1 heterocycles. The molecule has 0 aromatic heterocycles. The van der Waals surface area contributed by atoms with Gasteiger partial charge in [0.2, 0.25) is 5.91 Å². The normalized spacial score (nSPS) is 17.2. The molecular formula is C14H26N2O2. The molecule has 0 saturated carbocycles. The lowest BCUT2D eigenvalue weighted by Crippen LogP contribution is -2.50. The van der Waals surface area contributed by atoms with Crippen molar-refractivity contribution >= 4 is 11.7 Å². The molecule has 1 aliphatic rings. The highest BCUT2D eigenvalue weighted by Crippen LogP contribution is 2.14. The molecule has 0 bridgehead atoms. The Kier molecular flexibility index (Phi) is 6.33. The van der Waals surface area contributed by atoms with Crippen LogP contribution in [-0.4, -0.2) is 54.2 Å². The number of nitrogens with zero attached hydrogens (tertiary/aromatic N) is 2. The Morgan fingerprint density at radius 2 is 1.61 bits per heavy atom. The molecule has 0 unspecified atom stereocenters. The van der Waals surface area contributed by atoms with E-state index in [0.29, 0.717) is 12.3 Å². The lowest BCUT2D eigenvalue weighted by atomic mass is 10.0. The molecule has 1 rings (SSSR count). The van der Waals surface area contributed by atoms with Gasteiger partial charge in [0.15, 0.2) is 0 Å². The van der Waals surface area contributed by atoms with Crippen molar-refractivity contribution in [1.29, 1.82) is 0 Å². The van der Waals surface area contributed by atoms with Gasteiger partial charge < -0.3 is 4.90 Å². The average Bonchev–Trinajstić information content (AvgIpc) is 2.38. The summed E-state index contributed by atoms with van der Waals surface area (Å²) in [5.41, 5.74) is 0. The monoisotopic (exact) mass is 254 g/mol. The van der Waals surface area contributed by atoms with E-state index in [9.17, 15) is 9.59 Å². The fourth-order valence-electron chi connectivity index (χ4n) is 2.40. The van der Waals surface area contributed by atoms with Gasteiger partial charge in [-0.1, -0.05) is 13.8 Å². The van der Waals surface area contributed by atoms with Gasteiger partial charge in [0, 0.05) is 45.1 Å². The van der Waals surface area contributed by atoms with Crippen LogP contribution in [0.5, 0.6) is 0 Å². The van der Waals surface area contributed by atoms with Crippen LogP contribution >= 0.6 is 0 Å². The maximum atomic E-state index is 12.2. The number of piperazine rings is 1. The van der Waals surface area contributed by atoms with Gasteiger partial charge in [0.1, 0.15) is 5.78 Å². The summed E-state index contributed by atoms with van der Waals surface area (Å²) in [6, 6.07) is 0. The lowest BCUT2D eigenvalue weighted by Gasteiger charge is -2.36. The van der Waals surface area contributed by atoms with Crippen molar-refractivity contribution in [3.63, 3.8) is 0 Å². The predicted molar refractivity (Wildman–Crippen MR) is 72.4 cm³/mol. The molecule has 0 atom stereocenters. The van der Waals surface area contributed by atoms with Crippen LogP contribution in [0, 0.1) is 5.92 Å². The molecule has 0 aromatic rings. The van der Waals surface area contributed by atoms with Crippen molar-refractivity contribution in [3.05, 3.63) is 0 Å². The topological polar surface area (TPSA) is 40.6 Å². The number of Topliss-reactive ketones (excluding diaryl/α,β-unsaturated/α-hetero) is 1. The first-order valence-electron chi connectivity index (χ1n) is 7.09. The molecule has 18 heavy (non-hydrogen) atoms. The summed E-state index contributed by atoms with van der Waals surface area (Å²) in [6.45, 7) is 10.1. The first-order chi connectivity index (χ1) is 8.58. The lowest BCUT2D eigenvalue weighted by molar-refractivity contribution is -0.137. The summed E-state index contributed by atoms with van der Waals surface area (Å²) in [7, 11) is 0. The number of hydrogen-bond acceptors (Lipinski definition) is 3. The number of carbonyl (C=O) groups excluding carboxylic acids is 2. The number of rotatable bonds is 6. The summed E-state index contributed by atoms with van der Waals surface area (Å²) in [6.07, 6.45) is 2.49. The van der Waals surface area contributed by atoms with Crippen LogP contribution in [0.3, 0.4) is 0 Å². The Morgan fingerprint density at radius 3 is 2.06 bits per heavy atom. The average molecular weight is 254 g/mol. The molecule has 1 amide bonds. The van der Waals surface area contributed by atoms with Crippen LogP contribution < -0.4 is 0 Å². The summed E-state index contributed by atoms with van der Waals surface area (Å²) < 4.78 is 0. The molecule has 0 aromatic carbocycles. The molecule has 4 nitrogen and oxygen atoms in total. The van der Waals surface area contributed by atoms with Gasteiger partial charge in [-0.05, 0) is 19.8 Å². The highest BCUT2D eigenvalue weighted by atomic mass is 16.2. The van der Waals surface area contributed by atoms with E-state index in [0.717, 1.165) is 45.6 Å². The third kappa shape index (κ3) is 4.41. The van der Waals surface area contributed by atoms with Crippen molar-refractivity contribution in [2.45, 2.75) is 40.0 Å². The Hall–Kier alpha value is -0.900. The minimum Gasteiger partial charge on any atom is -0.340 e. The summed E-state index contributed by atoms with van der Waals surface area (Å²) in [4.78, 5) is 27.4. The molecule has 0 N–H and O–H groups in total. The summed E-state index contributed by atoms with van der Waals surface area (Å²) in [5.74, 6) is 0.741. The van der Waals surface area contributed by atoms with Crippen molar-refractivity contribution < 1.29 is 9.59 Å². The zero-order chi connectivity index (χ0) is 13.5. The van der Waals surface area contributed by atoms with E-state index in [1.54, 1.807) is 6.92 Å². The van der Waals surface area contributed by atoms with Crippen LogP contribution in [0.2, 0.25) is 0 Å². The third-order valence-corrected chi connectivity index (χ3v) is 3.80. The van der Waals surface area contributed by atoms with Crippen molar-refractivity contribution in [1.82, 2.24) is 9.80 Å². The van der Waals surface area contributed by atoms with Gasteiger partial charge in [-0.25, -0.2) is 0 Å². The minimum absolute atomic E-state index is 0.189. The first kappa shape index (κ1) is 15.2. The third-order valence-electron chi connectivity index (χ3n) is 3.80. The van der Waals surface area contributed by atoms with Gasteiger partial charge in [-0.2, -0.15) is 0 Å². The zero-order valence-corrected chi connectivity index (χ0v) is 11.9. The van der Waals surface area contributed by atoms with Crippen LogP contribution in [0.4, 0.5) is 0 Å². The van der Waals surface area contributed by atoms with Crippen LogP contribution in [0.25, 0.3) is 0 Å². The fraction of sp³-hybridized carbons (Fsp3) is 0.857. The van der Waals surface area contributed by atoms with E-state index in [2.05, 4.69) is 18.7 Å². The van der Waals surface area contributed by atoms with Crippen LogP contribution in [0.15, 0.2) is 0 Å². The second-order valence-corrected chi connectivity index (χ2v) is 5.13. The summed E-state index contributed by atoms with van der Waals surface area (Å²) >= 11 is 0. The molecule has 0 spiro atoms. The Balaban J connectivity index is 2.34. The fourth-order valence-corrected chi connectivity index (χ4v) is 2.40. The van der Waals surface area contributed by atoms with E-state index in [1.165, 1.54) is 0 Å². The molecular weight excluding hydrogens is 228 g/mol. The second-order valence-electron chi connectivity index (χ2n) is 5.13. The SMILES string of the molecule is CCC(CC)C(=O)N1CCN(CCC(C)=O)CC1. The second kappa shape index (κ2) is 7.52. The van der Waals surface area contributed by atoms with Gasteiger partial charge in [-0.3, -0.25) is 14.5 Å². The molecule has 0 aliphatic carbocycles. The van der Waals surface area contributed by atoms with Gasteiger partial charge in [0.05, 0.1) is 0 Å². The number of ketones is 1. The van der Waals surface area contributed by atoms with E-state index < -0.39 is 0 Å². The smallest absolute Gasteiger partial charge is 0.225 e. The maximum Gasteiger partial charge on any atom is 0.225 e. The molecule has 104 valence electrons. The zero-order valence-electron chi connectivity index (χ0n) is 11.9. The molecule has 1 aliphatic heterocycles. The first-order valence-corrected chi connectivity index (χ1v) is 7.09. The van der Waals surface area contributed by atoms with E-state index in [-0.39, 0.29) is 11.7 Å². The van der Waals surface area contributed by atoms with Crippen molar-refractivity contribution in [3.8, 4) is 0 Å². The Morgan fingerprint density at radius 1 is 1.06 bits per heavy atom. The highest BCUT2D eigenvalue weighted by Gasteiger charge is 2.25. The van der Waals surface area contributed by atoms with Crippen molar-refractivity contribution in [2.24, 2.45) is 5.92 Å². The number of amides is 1. The van der Waals surface area contributed by atoms with E-state index >= 15 is 0 Å². The van der Waals surface area contributed by atoms with E-state index in [4.69, 9.17) is 0 Å². The molecule has 0 radical (unpaired) electrons. The highest BCUT2D eigenvalue weighted by molar-refractivity contribution is 5.79. The van der Waals surface area contributed by atoms with Crippen molar-refractivity contribution in [2.75, 3.05) is 32.7 Å². The summed E-state index contributed by atoms with van der Waals surface area (Å²) in [5, 5.41) is 0. The van der Waals surface area contributed by atoms with Crippen LogP contribution in [0.1, 0.15) is 40.0 Å². The number of carbonyl (C=O) groups is 2. The molecule has 4 heteroatoms. The largest absolute Gasteiger partial charge is 0.340 e. The van der Waals surface area contributed by atoms with Gasteiger partial charge in [0.25, 0.3) is 0 Å².